The van der Waals surface area contributed by atoms with Crippen LogP contribution in [0, 0.1) is 5.92 Å². The van der Waals surface area contributed by atoms with Gasteiger partial charge >= 0.3 is 0 Å². The van der Waals surface area contributed by atoms with Crippen LogP contribution in [0.25, 0.3) is 0 Å². The van der Waals surface area contributed by atoms with E-state index in [0.29, 0.717) is 18.8 Å². The quantitative estimate of drug-likeness (QED) is 0.809. The van der Waals surface area contributed by atoms with Crippen LogP contribution in [0.3, 0.4) is 0 Å². The van der Waals surface area contributed by atoms with E-state index < -0.39 is 10.0 Å². The zero-order valence-electron chi connectivity index (χ0n) is 10.4. The molecule has 0 atom stereocenters. The van der Waals surface area contributed by atoms with Crippen molar-refractivity contribution < 1.29 is 8.42 Å². The largest absolute Gasteiger partial charge is 0.384 e. The van der Waals surface area contributed by atoms with Crippen molar-refractivity contribution in [2.24, 2.45) is 5.92 Å². The van der Waals surface area contributed by atoms with Crippen LogP contribution >= 0.6 is 0 Å². The highest BCUT2D eigenvalue weighted by Gasteiger charge is 2.18. The predicted molar refractivity (Wildman–Crippen MR) is 68.4 cm³/mol. The first-order valence-electron chi connectivity index (χ1n) is 5.65. The number of hydrogen-bond acceptors (Lipinski definition) is 4. The van der Waals surface area contributed by atoms with Crippen molar-refractivity contribution >= 4 is 15.7 Å². The van der Waals surface area contributed by atoms with Gasteiger partial charge in [0, 0.05) is 25.5 Å². The number of sulfonamides is 1. The van der Waals surface area contributed by atoms with Crippen LogP contribution in [0.1, 0.15) is 20.8 Å². The third-order valence-corrected chi connectivity index (χ3v) is 3.57. The summed E-state index contributed by atoms with van der Waals surface area (Å²) in [6.45, 7) is 6.91. The van der Waals surface area contributed by atoms with E-state index in [9.17, 15) is 8.42 Å². The molecule has 0 aromatic carbocycles. The Morgan fingerprint density at radius 1 is 1.41 bits per heavy atom. The molecule has 0 aliphatic rings. The minimum Gasteiger partial charge on any atom is -0.384 e. The van der Waals surface area contributed by atoms with Crippen LogP contribution in [-0.4, -0.2) is 26.5 Å². The Labute approximate surface area is 103 Å². The summed E-state index contributed by atoms with van der Waals surface area (Å²) < 4.78 is 26.6. The third kappa shape index (κ3) is 3.98. The summed E-state index contributed by atoms with van der Waals surface area (Å²) in [5, 5.41) is 3.01. The average Bonchev–Trinajstić information content (AvgIpc) is 2.28. The van der Waals surface area contributed by atoms with E-state index in [4.69, 9.17) is 0 Å². The van der Waals surface area contributed by atoms with Crippen LogP contribution in [0.5, 0.6) is 0 Å². The molecule has 1 aromatic heterocycles. The highest BCUT2D eigenvalue weighted by molar-refractivity contribution is 7.89. The fourth-order valence-electron chi connectivity index (χ4n) is 1.28. The first-order valence-corrected chi connectivity index (χ1v) is 7.13. The lowest BCUT2D eigenvalue weighted by atomic mass is 10.2. The van der Waals surface area contributed by atoms with Gasteiger partial charge in [0.2, 0.25) is 10.0 Å². The zero-order chi connectivity index (χ0) is 12.9. The van der Waals surface area contributed by atoms with Crippen molar-refractivity contribution in [3.05, 3.63) is 18.5 Å². The van der Waals surface area contributed by atoms with Crippen molar-refractivity contribution in [1.82, 2.24) is 9.71 Å². The number of hydrogen-bond donors (Lipinski definition) is 2. The van der Waals surface area contributed by atoms with Crippen molar-refractivity contribution in [3.8, 4) is 0 Å². The number of nitrogens with one attached hydrogen (secondary N) is 2. The number of anilines is 1. The fourth-order valence-corrected chi connectivity index (χ4v) is 2.62. The van der Waals surface area contributed by atoms with Gasteiger partial charge in [0.25, 0.3) is 0 Å². The molecule has 1 rings (SSSR count). The molecule has 5 nitrogen and oxygen atoms in total. The van der Waals surface area contributed by atoms with Crippen LogP contribution < -0.4 is 10.0 Å². The van der Waals surface area contributed by atoms with Crippen molar-refractivity contribution in [1.29, 1.82) is 0 Å². The molecule has 0 radical (unpaired) electrons. The summed E-state index contributed by atoms with van der Waals surface area (Å²) in [7, 11) is -3.48. The number of rotatable bonds is 6. The van der Waals surface area contributed by atoms with Gasteiger partial charge in [0.05, 0.1) is 5.69 Å². The van der Waals surface area contributed by atoms with Crippen molar-refractivity contribution in [3.63, 3.8) is 0 Å². The van der Waals surface area contributed by atoms with Gasteiger partial charge in [-0.2, -0.15) is 0 Å². The average molecular weight is 257 g/mol. The van der Waals surface area contributed by atoms with E-state index in [2.05, 4.69) is 15.0 Å². The van der Waals surface area contributed by atoms with E-state index in [0.717, 1.165) is 0 Å². The molecule has 0 fully saturated rings. The fraction of sp³-hybridized carbons (Fsp3) is 0.545. The summed E-state index contributed by atoms with van der Waals surface area (Å²) in [5.74, 6) is 0.268. The number of pyridine rings is 1. The molecule has 0 aliphatic heterocycles. The Hall–Kier alpha value is -1.14. The van der Waals surface area contributed by atoms with E-state index in [1.807, 2.05) is 20.8 Å². The molecule has 0 unspecified atom stereocenters. The second-order valence-electron chi connectivity index (χ2n) is 4.15. The van der Waals surface area contributed by atoms with Gasteiger partial charge in [-0.3, -0.25) is 4.98 Å². The molecule has 17 heavy (non-hydrogen) atoms. The van der Waals surface area contributed by atoms with Crippen LogP contribution in [0.4, 0.5) is 5.69 Å². The minimum absolute atomic E-state index is 0.197. The summed E-state index contributed by atoms with van der Waals surface area (Å²) in [6.07, 6.45) is 2.93. The topological polar surface area (TPSA) is 71.1 Å². The van der Waals surface area contributed by atoms with E-state index in [1.54, 1.807) is 12.3 Å². The normalized spacial score (nSPS) is 11.8. The Bertz CT molecular complexity index is 458. The Kier molecular flexibility index (Phi) is 4.89. The summed E-state index contributed by atoms with van der Waals surface area (Å²) in [6, 6.07) is 1.66. The molecule has 2 N–H and O–H groups in total. The summed E-state index contributed by atoms with van der Waals surface area (Å²) in [4.78, 5) is 4.06. The first-order chi connectivity index (χ1) is 7.97. The van der Waals surface area contributed by atoms with E-state index in [1.165, 1.54) is 6.20 Å². The van der Waals surface area contributed by atoms with Crippen molar-refractivity contribution in [2.75, 3.05) is 18.4 Å². The molecule has 6 heteroatoms. The summed E-state index contributed by atoms with van der Waals surface area (Å²) >= 11 is 0. The lowest BCUT2D eigenvalue weighted by molar-refractivity contribution is 0.560. The SMILES string of the molecule is CCNc1ccncc1S(=O)(=O)NCC(C)C. The number of nitrogens with zero attached hydrogens (tertiary/aromatic N) is 1. The molecule has 96 valence electrons. The van der Waals surface area contributed by atoms with E-state index in [-0.39, 0.29) is 10.8 Å². The van der Waals surface area contributed by atoms with E-state index >= 15 is 0 Å². The monoisotopic (exact) mass is 257 g/mol. The molecule has 0 saturated heterocycles. The second-order valence-corrected chi connectivity index (χ2v) is 5.88. The molecular weight excluding hydrogens is 238 g/mol. The Morgan fingerprint density at radius 3 is 2.71 bits per heavy atom. The summed E-state index contributed by atoms with van der Waals surface area (Å²) in [5.41, 5.74) is 0.582. The second kappa shape index (κ2) is 5.97. The smallest absolute Gasteiger partial charge is 0.244 e. The predicted octanol–water partition coefficient (Wildman–Crippen LogP) is 1.45. The molecule has 0 bridgehead atoms. The minimum atomic E-state index is -3.48. The maximum absolute atomic E-state index is 12.0. The highest BCUT2D eigenvalue weighted by atomic mass is 32.2. The highest BCUT2D eigenvalue weighted by Crippen LogP contribution is 2.19. The maximum atomic E-state index is 12.0. The molecule has 1 aromatic rings. The molecule has 0 aliphatic carbocycles. The molecular formula is C11H19N3O2S. The maximum Gasteiger partial charge on any atom is 0.244 e. The molecule has 0 spiro atoms. The van der Waals surface area contributed by atoms with Gasteiger partial charge < -0.3 is 5.32 Å². The first kappa shape index (κ1) is 13.9. The van der Waals surface area contributed by atoms with Gasteiger partial charge in [-0.15, -0.1) is 0 Å². The lowest BCUT2D eigenvalue weighted by Crippen LogP contribution is -2.28. The standard InChI is InChI=1S/C11H19N3O2S/c1-4-13-10-5-6-12-8-11(10)17(15,16)14-7-9(2)3/h5-6,8-9,14H,4,7H2,1-3H3,(H,12,13). The van der Waals surface area contributed by atoms with Crippen LogP contribution in [-0.2, 0) is 10.0 Å². The van der Waals surface area contributed by atoms with Gasteiger partial charge in [-0.25, -0.2) is 13.1 Å². The van der Waals surface area contributed by atoms with Crippen LogP contribution in [0.2, 0.25) is 0 Å². The molecule has 0 saturated carbocycles. The van der Waals surface area contributed by atoms with Gasteiger partial charge in [-0.05, 0) is 18.9 Å². The van der Waals surface area contributed by atoms with Crippen LogP contribution in [0.15, 0.2) is 23.4 Å². The third-order valence-electron chi connectivity index (χ3n) is 2.12. The lowest BCUT2D eigenvalue weighted by Gasteiger charge is -2.12. The molecule has 0 amide bonds. The molecule has 1 heterocycles. The zero-order valence-corrected chi connectivity index (χ0v) is 11.2. The van der Waals surface area contributed by atoms with Gasteiger partial charge in [-0.1, -0.05) is 13.8 Å². The van der Waals surface area contributed by atoms with Gasteiger partial charge in [0.15, 0.2) is 0 Å². The number of aromatic nitrogens is 1. The van der Waals surface area contributed by atoms with Gasteiger partial charge in [0.1, 0.15) is 4.90 Å². The Morgan fingerprint density at radius 2 is 2.12 bits per heavy atom. The van der Waals surface area contributed by atoms with Crippen molar-refractivity contribution in [2.45, 2.75) is 25.7 Å². The Balaban J connectivity index is 2.97.